The number of ether oxygens (including phenoxy) is 9. The van der Waals surface area contributed by atoms with Crippen molar-refractivity contribution in [3.05, 3.63) is 123 Å². The highest BCUT2D eigenvalue weighted by Gasteiger charge is 2.33. The van der Waals surface area contributed by atoms with Crippen molar-refractivity contribution in [2.45, 2.75) is 61.9 Å². The number of fused-ring (bicyclic) bond motifs is 3. The van der Waals surface area contributed by atoms with Crippen LogP contribution in [-0.4, -0.2) is 252 Å². The second kappa shape index (κ2) is 42.3. The predicted octanol–water partition coefficient (Wildman–Crippen LogP) is 12.0. The smallest absolute Gasteiger partial charge is 0.243 e. The number of benzene rings is 3. The third kappa shape index (κ3) is 22.2. The Hall–Kier alpha value is -10.1. The van der Waals surface area contributed by atoms with Crippen LogP contribution in [0.4, 0.5) is 35.3 Å². The number of carbonyl (C=O) groups excluding carboxylic acids is 3. The van der Waals surface area contributed by atoms with Gasteiger partial charge in [0.2, 0.25) is 35.6 Å². The molecule has 3 fully saturated rings. The van der Waals surface area contributed by atoms with Gasteiger partial charge in [-0.2, -0.15) is 0 Å². The van der Waals surface area contributed by atoms with Gasteiger partial charge >= 0.3 is 0 Å². The number of aromatic nitrogens is 9. The number of nitrogens with one attached hydrogen (secondary N) is 9. The van der Waals surface area contributed by atoms with Gasteiger partial charge < -0.3 is 100 Å². The standard InChI is InChI=1S/C28H35Cl2N7O4.C27H33Cl2N7O4.C24H26Cl2N6O4/c1-6-22(38)33-17-8-11-41-15-19(17)35-28-32-14-16-12-18(23-24(29)20(39-4)13-21(40-5)25(23)30)34-27(26(16)36-28)31-9-7-10-37(2)3;1-6-21(37)32-16-7-10-40-14-18(16)34-27-31-13-15-11-17(33-26(25(15)35-27)30-8-9-36(2)3)22-23(28)19(38-4)12-20(39-5)24(22)29;1-5-18(33)29-13-6-7-36-11-15(13)31-24-28-10-12-8-14(30-23(27-2)22(12)32-24)19-20(25)16(34-3)9-17(35-4)21(19)26/h6,12-14,17,19H,1,7-11,15H2,2-5H3,(H,31,34)(H,33,38)(H,32,35,36);6,11-13,16,18H,1,7-10,14H2,2-5H3,(H,30,33)(H,32,37)(H,31,34,35);5,8-10,13,15H,1,6-7,11H2,2-4H3,(H,27,30)(H,29,33)(H,28,31,32)/t17-,19+;16-,18+;13-,15+/m000/s1. The molecule has 0 radical (unpaired) electrons. The van der Waals surface area contributed by atoms with E-state index in [0.29, 0.717) is 233 Å². The van der Waals surface area contributed by atoms with Crippen LogP contribution in [0.25, 0.3) is 66.5 Å². The zero-order chi connectivity index (χ0) is 84.1. The fraction of sp³-hybridized carbons (Fsp3) is 0.392. The molecule has 3 saturated heterocycles. The minimum absolute atomic E-state index is 0.153. The molecule has 3 aromatic carbocycles. The van der Waals surface area contributed by atoms with Crippen LogP contribution in [0, 0.1) is 0 Å². The van der Waals surface area contributed by atoms with Crippen molar-refractivity contribution < 1.29 is 57.0 Å². The normalized spacial score (nSPS) is 17.1. The van der Waals surface area contributed by atoms with Gasteiger partial charge in [0.25, 0.3) is 0 Å². The van der Waals surface area contributed by atoms with E-state index < -0.39 is 0 Å². The van der Waals surface area contributed by atoms with Gasteiger partial charge in [0.05, 0.1) is 146 Å². The van der Waals surface area contributed by atoms with Gasteiger partial charge in [0.15, 0.2) is 17.5 Å². The lowest BCUT2D eigenvalue weighted by molar-refractivity contribution is -0.118. The molecule has 9 N–H and O–H groups in total. The Morgan fingerprint density at radius 2 is 0.718 bits per heavy atom. The molecule has 0 saturated carbocycles. The van der Waals surface area contributed by atoms with E-state index in [4.69, 9.17) is 137 Å². The van der Waals surface area contributed by atoms with Gasteiger partial charge in [-0.3, -0.25) is 14.4 Å². The average Bonchev–Trinajstić information content (AvgIpc) is 0.773. The van der Waals surface area contributed by atoms with Crippen molar-refractivity contribution in [1.82, 2.24) is 70.6 Å². The molecule has 12 rings (SSSR count). The molecule has 3 aliphatic heterocycles. The number of halogens is 6. The first-order valence-corrected chi connectivity index (χ1v) is 39.3. The van der Waals surface area contributed by atoms with Crippen LogP contribution in [-0.2, 0) is 28.6 Å². The first kappa shape index (κ1) is 89.2. The molecule has 3 amide bonds. The topological polar surface area (TPSA) is 365 Å². The number of hydrogen-bond donors (Lipinski definition) is 9. The van der Waals surface area contributed by atoms with Gasteiger partial charge in [0, 0.05) is 116 Å². The Morgan fingerprint density at radius 3 is 1.00 bits per heavy atom. The highest BCUT2D eigenvalue weighted by Crippen LogP contribution is 2.50. The minimum Gasteiger partial charge on any atom is -0.495 e. The van der Waals surface area contributed by atoms with Crippen molar-refractivity contribution in [3.8, 4) is 68.3 Å². The van der Waals surface area contributed by atoms with E-state index in [0.717, 1.165) is 24.9 Å². The quantitative estimate of drug-likeness (QED) is 0.0144. The lowest BCUT2D eigenvalue weighted by atomic mass is 10.0. The van der Waals surface area contributed by atoms with Gasteiger partial charge in [-0.1, -0.05) is 89.3 Å². The molecule has 9 heterocycles. The third-order valence-electron chi connectivity index (χ3n) is 18.9. The molecule has 0 bridgehead atoms. The van der Waals surface area contributed by atoms with Crippen molar-refractivity contribution in [1.29, 1.82) is 0 Å². The molecule has 624 valence electrons. The molecule has 3 aliphatic rings. The van der Waals surface area contributed by atoms with Crippen LogP contribution in [0.5, 0.6) is 34.5 Å². The number of rotatable bonds is 31. The maximum Gasteiger partial charge on any atom is 0.243 e. The van der Waals surface area contributed by atoms with Crippen LogP contribution in [0.2, 0.25) is 30.1 Å². The van der Waals surface area contributed by atoms with Crippen LogP contribution < -0.4 is 76.3 Å². The maximum absolute atomic E-state index is 12.0. The Balaban J connectivity index is 0.000000185. The summed E-state index contributed by atoms with van der Waals surface area (Å²) in [7, 11) is 18.9. The molecular weight excluding hydrogens is 1630 g/mol. The summed E-state index contributed by atoms with van der Waals surface area (Å²) in [4.78, 5) is 82.2. The third-order valence-corrected chi connectivity index (χ3v) is 21.2. The molecule has 38 heteroatoms. The number of hydrogen-bond acceptors (Lipinski definition) is 29. The van der Waals surface area contributed by atoms with Crippen molar-refractivity contribution in [2.75, 3.05) is 176 Å². The minimum atomic E-state index is -0.242. The number of likely N-dealkylation sites (N-methyl/N-ethyl adjacent to an activating group) is 1. The molecule has 9 aromatic rings. The highest BCUT2D eigenvalue weighted by atomic mass is 35.5. The molecule has 117 heavy (non-hydrogen) atoms. The number of methoxy groups -OCH3 is 6. The summed E-state index contributed by atoms with van der Waals surface area (Å²) in [6.45, 7) is 16.4. The number of amides is 3. The molecule has 32 nitrogen and oxygen atoms in total. The summed E-state index contributed by atoms with van der Waals surface area (Å²) in [5, 5.41) is 32.6. The largest absolute Gasteiger partial charge is 0.495 e. The zero-order valence-electron chi connectivity index (χ0n) is 66.5. The summed E-state index contributed by atoms with van der Waals surface area (Å²) in [5.74, 6) is 4.45. The Kier molecular flexibility index (Phi) is 32.3. The lowest BCUT2D eigenvalue weighted by Crippen LogP contribution is -2.52. The lowest BCUT2D eigenvalue weighted by Gasteiger charge is -2.32. The fourth-order valence-electron chi connectivity index (χ4n) is 12.8. The Morgan fingerprint density at radius 1 is 0.427 bits per heavy atom. The van der Waals surface area contributed by atoms with Crippen molar-refractivity contribution in [2.24, 2.45) is 0 Å². The number of carbonyl (C=O) groups is 3. The van der Waals surface area contributed by atoms with Gasteiger partial charge in [-0.15, -0.1) is 0 Å². The Labute approximate surface area is 707 Å². The Bertz CT molecular complexity index is 5000. The summed E-state index contributed by atoms with van der Waals surface area (Å²) in [5.41, 5.74) is 4.73. The molecule has 0 spiro atoms. The second-order valence-corrected chi connectivity index (χ2v) is 29.4. The first-order valence-electron chi connectivity index (χ1n) is 37.0. The van der Waals surface area contributed by atoms with Gasteiger partial charge in [0.1, 0.15) is 51.0 Å². The van der Waals surface area contributed by atoms with Gasteiger partial charge in [-0.25, -0.2) is 44.9 Å². The SMILES string of the molecule is C=CC(=O)N[C@H]1CCOC[C@H]1Nc1ncc2cc(-c3c(Cl)c(OC)cc(OC)c3Cl)nc(NC)c2n1.C=CC(=O)N[C@H]1CCOC[C@H]1Nc1ncc2cc(-c3c(Cl)c(OC)cc(OC)c3Cl)nc(NCCCN(C)C)c2n1.C=CC(=O)N[C@H]1CCOC[C@H]1Nc1ncc2cc(-c3c(Cl)c(OC)cc(OC)c3Cl)nc(NCCN(C)C)c2n1. The molecule has 0 unspecified atom stereocenters. The number of pyridine rings is 3. The summed E-state index contributed by atoms with van der Waals surface area (Å²) < 4.78 is 49.5. The van der Waals surface area contributed by atoms with E-state index >= 15 is 0 Å². The zero-order valence-corrected chi connectivity index (χ0v) is 71.0. The monoisotopic (exact) mass is 1720 g/mol. The highest BCUT2D eigenvalue weighted by molar-refractivity contribution is 6.42. The van der Waals surface area contributed by atoms with Crippen LogP contribution in [0.15, 0.2) is 93.0 Å². The van der Waals surface area contributed by atoms with E-state index in [9.17, 15) is 14.4 Å². The van der Waals surface area contributed by atoms with E-state index in [1.165, 1.54) is 60.9 Å². The second-order valence-electron chi connectivity index (χ2n) is 27.2. The fourth-order valence-corrected chi connectivity index (χ4v) is 14.9. The molecular formula is C79H94Cl6N20O12. The molecule has 6 atom stereocenters. The maximum atomic E-state index is 12.0. The van der Waals surface area contributed by atoms with Gasteiger partial charge in [-0.05, 0) is 96.8 Å². The van der Waals surface area contributed by atoms with E-state index in [2.05, 4.69) is 97.3 Å². The first-order chi connectivity index (χ1) is 56.4. The average molecular weight is 1730 g/mol. The molecule has 0 aliphatic carbocycles. The predicted molar refractivity (Wildman–Crippen MR) is 461 cm³/mol. The number of nitrogens with zero attached hydrogens (tertiary/aromatic N) is 11. The van der Waals surface area contributed by atoms with Crippen molar-refractivity contribution in [3.63, 3.8) is 0 Å². The van der Waals surface area contributed by atoms with Crippen LogP contribution in [0.1, 0.15) is 25.7 Å². The summed E-state index contributed by atoms with van der Waals surface area (Å²) in [6.07, 6.45) is 11.7. The van der Waals surface area contributed by atoms with E-state index in [1.54, 1.807) is 49.9 Å². The van der Waals surface area contributed by atoms with Crippen molar-refractivity contribution >= 4 is 155 Å². The molecule has 6 aromatic heterocycles. The van der Waals surface area contributed by atoms with E-state index in [-0.39, 0.29) is 54.0 Å². The summed E-state index contributed by atoms with van der Waals surface area (Å²) >= 11 is 40.0. The van der Waals surface area contributed by atoms with E-state index in [1.807, 2.05) is 40.3 Å². The number of anilines is 6. The summed E-state index contributed by atoms with van der Waals surface area (Å²) in [6, 6.07) is 9.18. The van der Waals surface area contributed by atoms with Crippen LogP contribution >= 0.6 is 69.6 Å². The van der Waals surface area contributed by atoms with Crippen LogP contribution in [0.3, 0.4) is 0 Å².